The number of aryl methyl sites for hydroxylation is 1. The SMILES string of the molecule is CCCCS(=O)(=O)N1CCC[C@H]1C(=O)N[C@H](C)c1ccc(C)o1. The third kappa shape index (κ3) is 4.35. The summed E-state index contributed by atoms with van der Waals surface area (Å²) in [6.07, 6.45) is 2.73. The van der Waals surface area contributed by atoms with Crippen LogP contribution in [0.2, 0.25) is 0 Å². The van der Waals surface area contributed by atoms with Crippen LogP contribution in [-0.2, 0) is 14.8 Å². The van der Waals surface area contributed by atoms with Gasteiger partial charge in [-0.1, -0.05) is 13.3 Å². The fourth-order valence-corrected chi connectivity index (χ4v) is 4.73. The molecule has 1 aliphatic rings. The minimum atomic E-state index is -3.36. The van der Waals surface area contributed by atoms with Gasteiger partial charge in [-0.15, -0.1) is 0 Å². The first-order chi connectivity index (χ1) is 10.8. The van der Waals surface area contributed by atoms with Crippen LogP contribution in [0.1, 0.15) is 57.1 Å². The number of nitrogens with zero attached hydrogens (tertiary/aromatic N) is 1. The number of amides is 1. The van der Waals surface area contributed by atoms with Gasteiger partial charge in [0.25, 0.3) is 0 Å². The maximum absolute atomic E-state index is 12.5. The Hall–Kier alpha value is -1.34. The first kappa shape index (κ1) is 18.0. The Morgan fingerprint density at radius 2 is 2.22 bits per heavy atom. The summed E-state index contributed by atoms with van der Waals surface area (Å²) in [6, 6.07) is 2.78. The van der Waals surface area contributed by atoms with Crippen LogP contribution in [0.25, 0.3) is 0 Å². The molecule has 0 unspecified atom stereocenters. The van der Waals surface area contributed by atoms with E-state index in [0.717, 1.165) is 18.6 Å². The lowest BCUT2D eigenvalue weighted by molar-refractivity contribution is -0.125. The van der Waals surface area contributed by atoms with Crippen molar-refractivity contribution in [2.24, 2.45) is 0 Å². The molecule has 2 rings (SSSR count). The molecule has 0 bridgehead atoms. The summed E-state index contributed by atoms with van der Waals surface area (Å²) in [7, 11) is -3.36. The van der Waals surface area contributed by atoms with Gasteiger partial charge in [-0.05, 0) is 45.2 Å². The molecule has 0 aliphatic carbocycles. The van der Waals surface area contributed by atoms with Gasteiger partial charge in [-0.3, -0.25) is 4.79 Å². The van der Waals surface area contributed by atoms with Gasteiger partial charge in [-0.2, -0.15) is 4.31 Å². The zero-order valence-corrected chi connectivity index (χ0v) is 14.9. The molecule has 23 heavy (non-hydrogen) atoms. The highest BCUT2D eigenvalue weighted by Crippen LogP contribution is 2.24. The van der Waals surface area contributed by atoms with E-state index in [1.807, 2.05) is 32.9 Å². The van der Waals surface area contributed by atoms with Gasteiger partial charge in [0, 0.05) is 6.54 Å². The lowest BCUT2D eigenvalue weighted by Crippen LogP contribution is -2.47. The van der Waals surface area contributed by atoms with Crippen molar-refractivity contribution in [1.82, 2.24) is 9.62 Å². The van der Waals surface area contributed by atoms with Crippen molar-refractivity contribution in [3.8, 4) is 0 Å². The lowest BCUT2D eigenvalue weighted by Gasteiger charge is -2.24. The van der Waals surface area contributed by atoms with Crippen molar-refractivity contribution >= 4 is 15.9 Å². The highest BCUT2D eigenvalue weighted by Gasteiger charge is 2.38. The van der Waals surface area contributed by atoms with Crippen molar-refractivity contribution < 1.29 is 17.6 Å². The van der Waals surface area contributed by atoms with Crippen LogP contribution < -0.4 is 5.32 Å². The number of furan rings is 1. The van der Waals surface area contributed by atoms with Gasteiger partial charge < -0.3 is 9.73 Å². The minimum Gasteiger partial charge on any atom is -0.464 e. The zero-order chi connectivity index (χ0) is 17.0. The topological polar surface area (TPSA) is 79.6 Å². The third-order valence-corrected chi connectivity index (χ3v) is 6.12. The molecule has 1 fully saturated rings. The predicted octanol–water partition coefficient (Wildman–Crippen LogP) is 2.36. The van der Waals surface area contributed by atoms with Crippen molar-refractivity contribution in [1.29, 1.82) is 0 Å². The van der Waals surface area contributed by atoms with Gasteiger partial charge in [0.2, 0.25) is 15.9 Å². The third-order valence-electron chi connectivity index (χ3n) is 4.17. The van der Waals surface area contributed by atoms with Crippen LogP contribution in [0.3, 0.4) is 0 Å². The van der Waals surface area contributed by atoms with Crippen LogP contribution in [0, 0.1) is 6.92 Å². The number of nitrogens with one attached hydrogen (secondary N) is 1. The Morgan fingerprint density at radius 3 is 2.83 bits per heavy atom. The molecular formula is C16H26N2O4S. The molecule has 0 radical (unpaired) electrons. The second kappa shape index (κ2) is 7.49. The van der Waals surface area contributed by atoms with E-state index in [0.29, 0.717) is 25.1 Å². The minimum absolute atomic E-state index is 0.111. The average molecular weight is 342 g/mol. The summed E-state index contributed by atoms with van der Waals surface area (Å²) < 4.78 is 31.7. The largest absolute Gasteiger partial charge is 0.464 e. The van der Waals surface area contributed by atoms with E-state index in [-0.39, 0.29) is 17.7 Å². The van der Waals surface area contributed by atoms with Crippen molar-refractivity contribution in [2.75, 3.05) is 12.3 Å². The molecule has 2 atom stereocenters. The maximum Gasteiger partial charge on any atom is 0.239 e. The van der Waals surface area contributed by atoms with Crippen LogP contribution in [0.4, 0.5) is 0 Å². The Labute approximate surface area is 138 Å². The smallest absolute Gasteiger partial charge is 0.239 e. The van der Waals surface area contributed by atoms with E-state index in [9.17, 15) is 13.2 Å². The Kier molecular flexibility index (Phi) is 5.86. The summed E-state index contributed by atoms with van der Waals surface area (Å²) in [5, 5.41) is 2.87. The van der Waals surface area contributed by atoms with Crippen LogP contribution in [-0.4, -0.2) is 37.0 Å². The maximum atomic E-state index is 12.5. The van der Waals surface area contributed by atoms with Gasteiger partial charge in [0.15, 0.2) is 0 Å². The number of hydrogen-bond acceptors (Lipinski definition) is 4. The number of rotatable bonds is 7. The molecule has 1 saturated heterocycles. The summed E-state index contributed by atoms with van der Waals surface area (Å²) in [5.74, 6) is 1.32. The number of sulfonamides is 1. The molecular weight excluding hydrogens is 316 g/mol. The first-order valence-electron chi connectivity index (χ1n) is 8.21. The van der Waals surface area contributed by atoms with Gasteiger partial charge in [-0.25, -0.2) is 8.42 Å². The molecule has 1 amide bonds. The van der Waals surface area contributed by atoms with Crippen LogP contribution >= 0.6 is 0 Å². The molecule has 130 valence electrons. The fraction of sp³-hybridized carbons (Fsp3) is 0.688. The van der Waals surface area contributed by atoms with E-state index in [1.165, 1.54) is 4.31 Å². The van der Waals surface area contributed by atoms with E-state index in [2.05, 4.69) is 5.32 Å². The number of carbonyl (C=O) groups excluding carboxylic acids is 1. The van der Waals surface area contributed by atoms with Gasteiger partial charge in [0.05, 0.1) is 11.8 Å². The quantitative estimate of drug-likeness (QED) is 0.825. The fourth-order valence-electron chi connectivity index (χ4n) is 2.85. The summed E-state index contributed by atoms with van der Waals surface area (Å²) >= 11 is 0. The standard InChI is InChI=1S/C16H26N2O4S/c1-4-5-11-23(20,21)18-10-6-7-14(18)16(19)17-13(3)15-9-8-12(2)22-15/h8-9,13-14H,4-7,10-11H2,1-3H3,(H,17,19)/t13-,14+/m1/s1. The second-order valence-electron chi connectivity index (χ2n) is 6.12. The van der Waals surface area contributed by atoms with Crippen LogP contribution in [0.15, 0.2) is 16.5 Å². The molecule has 6 nitrogen and oxygen atoms in total. The lowest BCUT2D eigenvalue weighted by atomic mass is 10.2. The highest BCUT2D eigenvalue weighted by atomic mass is 32.2. The average Bonchev–Trinajstić information content (AvgIpc) is 3.14. The molecule has 2 heterocycles. The summed E-state index contributed by atoms with van der Waals surface area (Å²) in [4.78, 5) is 12.5. The molecule has 0 saturated carbocycles. The number of unbranched alkanes of at least 4 members (excludes halogenated alkanes) is 1. The van der Waals surface area contributed by atoms with Gasteiger partial charge >= 0.3 is 0 Å². The molecule has 7 heteroatoms. The van der Waals surface area contributed by atoms with Crippen molar-refractivity contribution in [2.45, 2.75) is 58.5 Å². The number of hydrogen-bond donors (Lipinski definition) is 1. The Bertz CT molecular complexity index is 638. The Balaban J connectivity index is 2.03. The summed E-state index contributed by atoms with van der Waals surface area (Å²) in [6.45, 7) is 6.06. The second-order valence-corrected chi connectivity index (χ2v) is 8.16. The number of carbonyl (C=O) groups is 1. The predicted molar refractivity (Wildman–Crippen MR) is 88.4 cm³/mol. The van der Waals surface area contributed by atoms with E-state index < -0.39 is 16.1 Å². The molecule has 1 aromatic heterocycles. The van der Waals surface area contributed by atoms with Gasteiger partial charge in [0.1, 0.15) is 17.6 Å². The molecule has 1 aromatic rings. The zero-order valence-electron chi connectivity index (χ0n) is 14.0. The van der Waals surface area contributed by atoms with E-state index >= 15 is 0 Å². The highest BCUT2D eigenvalue weighted by molar-refractivity contribution is 7.89. The van der Waals surface area contributed by atoms with Crippen molar-refractivity contribution in [3.05, 3.63) is 23.7 Å². The normalized spacial score (nSPS) is 20.6. The first-order valence-corrected chi connectivity index (χ1v) is 9.82. The van der Waals surface area contributed by atoms with E-state index in [4.69, 9.17) is 4.42 Å². The summed E-state index contributed by atoms with van der Waals surface area (Å²) in [5.41, 5.74) is 0. The van der Waals surface area contributed by atoms with Crippen molar-refractivity contribution in [3.63, 3.8) is 0 Å². The molecule has 0 spiro atoms. The molecule has 1 N–H and O–H groups in total. The van der Waals surface area contributed by atoms with Crippen LogP contribution in [0.5, 0.6) is 0 Å². The monoisotopic (exact) mass is 342 g/mol. The molecule has 0 aromatic carbocycles. The Morgan fingerprint density at radius 1 is 1.48 bits per heavy atom. The molecule has 1 aliphatic heterocycles. The van der Waals surface area contributed by atoms with E-state index in [1.54, 1.807) is 0 Å².